The molecule has 1 saturated heterocycles. The molecule has 0 aliphatic carbocycles. The van der Waals surface area contributed by atoms with Crippen molar-refractivity contribution in [1.29, 1.82) is 0 Å². The highest BCUT2D eigenvalue weighted by molar-refractivity contribution is 7.92. The predicted molar refractivity (Wildman–Crippen MR) is 115 cm³/mol. The quantitative estimate of drug-likeness (QED) is 0.679. The molecule has 3 rings (SSSR count). The molecule has 1 aliphatic heterocycles. The molecular formula is C20H22ClN3O5S. The fraction of sp³-hybridized carbons (Fsp3) is 0.300. The molecule has 0 saturated carbocycles. The average Bonchev–Trinajstić information content (AvgIpc) is 2.72. The third-order valence-corrected chi connectivity index (χ3v) is 6.88. The lowest BCUT2D eigenvalue weighted by Crippen LogP contribution is -2.38. The van der Waals surface area contributed by atoms with E-state index in [-0.39, 0.29) is 18.0 Å². The number of methoxy groups -OCH3 is 1. The number of nitrogens with zero attached hydrogens (tertiary/aromatic N) is 1. The highest BCUT2D eigenvalue weighted by Crippen LogP contribution is 2.35. The summed E-state index contributed by atoms with van der Waals surface area (Å²) in [7, 11) is -2.02. The average molecular weight is 452 g/mol. The van der Waals surface area contributed by atoms with Crippen LogP contribution in [0.2, 0.25) is 5.02 Å². The van der Waals surface area contributed by atoms with Crippen LogP contribution in [0, 0.1) is 0 Å². The molecule has 30 heavy (non-hydrogen) atoms. The lowest BCUT2D eigenvalue weighted by atomic mass is 10.2. The smallest absolute Gasteiger partial charge is 0.313 e. The van der Waals surface area contributed by atoms with E-state index in [1.54, 1.807) is 30.3 Å². The lowest BCUT2D eigenvalue weighted by molar-refractivity contribution is -0.136. The zero-order valence-electron chi connectivity index (χ0n) is 16.4. The van der Waals surface area contributed by atoms with E-state index < -0.39 is 21.8 Å². The Morgan fingerprint density at radius 3 is 2.60 bits per heavy atom. The molecule has 0 spiro atoms. The lowest BCUT2D eigenvalue weighted by Gasteiger charge is -2.29. The number of hydrogen-bond donors (Lipinski definition) is 2. The van der Waals surface area contributed by atoms with Crippen LogP contribution in [0.4, 0.5) is 11.4 Å². The fourth-order valence-electron chi connectivity index (χ4n) is 3.11. The predicted octanol–water partition coefficient (Wildman–Crippen LogP) is 2.53. The van der Waals surface area contributed by atoms with E-state index in [9.17, 15) is 18.0 Å². The molecule has 2 aromatic carbocycles. The van der Waals surface area contributed by atoms with Crippen molar-refractivity contribution in [1.82, 2.24) is 5.32 Å². The number of carbonyl (C=O) groups excluding carboxylic acids is 2. The minimum Gasteiger partial charge on any atom is -0.495 e. The zero-order valence-corrected chi connectivity index (χ0v) is 17.9. The van der Waals surface area contributed by atoms with Crippen LogP contribution >= 0.6 is 11.6 Å². The molecule has 0 bridgehead atoms. The molecule has 1 heterocycles. The SMILES string of the molecule is COc1ccc(NC(=O)C(=O)NCc2ccccc2Cl)cc1N1CCCCS1(=O)=O. The van der Waals surface area contributed by atoms with Gasteiger partial charge in [-0.1, -0.05) is 29.8 Å². The van der Waals surface area contributed by atoms with Gasteiger partial charge in [-0.25, -0.2) is 8.42 Å². The van der Waals surface area contributed by atoms with Crippen LogP contribution < -0.4 is 19.7 Å². The number of ether oxygens (including phenoxy) is 1. The van der Waals surface area contributed by atoms with Gasteiger partial charge in [-0.2, -0.15) is 0 Å². The normalized spacial score (nSPS) is 15.3. The van der Waals surface area contributed by atoms with Crippen LogP contribution in [0.15, 0.2) is 42.5 Å². The van der Waals surface area contributed by atoms with Crippen molar-refractivity contribution in [3.8, 4) is 5.75 Å². The summed E-state index contributed by atoms with van der Waals surface area (Å²) in [5, 5.41) is 5.48. The first-order valence-corrected chi connectivity index (χ1v) is 11.3. The number of nitrogens with one attached hydrogen (secondary N) is 2. The first-order valence-electron chi connectivity index (χ1n) is 9.33. The maximum absolute atomic E-state index is 12.4. The van der Waals surface area contributed by atoms with Crippen molar-refractivity contribution in [2.24, 2.45) is 0 Å². The number of benzene rings is 2. The Kier molecular flexibility index (Phi) is 6.84. The molecule has 2 N–H and O–H groups in total. The highest BCUT2D eigenvalue weighted by atomic mass is 35.5. The van der Waals surface area contributed by atoms with Crippen LogP contribution in [0.5, 0.6) is 5.75 Å². The number of halogens is 1. The van der Waals surface area contributed by atoms with E-state index in [1.807, 2.05) is 0 Å². The minimum atomic E-state index is -3.47. The summed E-state index contributed by atoms with van der Waals surface area (Å²) in [6, 6.07) is 11.6. The Hall–Kier alpha value is -2.78. The Morgan fingerprint density at radius 1 is 1.13 bits per heavy atom. The molecule has 0 atom stereocenters. The van der Waals surface area contributed by atoms with Crippen molar-refractivity contribution < 1.29 is 22.7 Å². The first kappa shape index (κ1) is 21.9. The van der Waals surface area contributed by atoms with Crippen LogP contribution in [-0.2, 0) is 26.2 Å². The van der Waals surface area contributed by atoms with Gasteiger partial charge < -0.3 is 15.4 Å². The van der Waals surface area contributed by atoms with E-state index in [2.05, 4.69) is 10.6 Å². The van der Waals surface area contributed by atoms with Gasteiger partial charge in [-0.3, -0.25) is 13.9 Å². The topological polar surface area (TPSA) is 105 Å². The summed E-state index contributed by atoms with van der Waals surface area (Å²) in [5.74, 6) is -1.30. The molecule has 160 valence electrons. The second-order valence-corrected chi connectivity index (χ2v) is 9.13. The van der Waals surface area contributed by atoms with Gasteiger partial charge in [-0.05, 0) is 42.7 Å². The highest BCUT2D eigenvalue weighted by Gasteiger charge is 2.28. The first-order chi connectivity index (χ1) is 14.3. The van der Waals surface area contributed by atoms with Gasteiger partial charge in [0.05, 0.1) is 18.6 Å². The minimum absolute atomic E-state index is 0.0528. The maximum Gasteiger partial charge on any atom is 0.313 e. The summed E-state index contributed by atoms with van der Waals surface area (Å²) >= 11 is 6.04. The summed E-state index contributed by atoms with van der Waals surface area (Å²) in [5.41, 5.74) is 1.29. The molecule has 2 amide bonds. The van der Waals surface area contributed by atoms with Crippen LogP contribution in [0.1, 0.15) is 18.4 Å². The standard InChI is InChI=1S/C20H22ClN3O5S/c1-29-18-9-8-15(12-17(18)24-10-4-5-11-30(24,27)28)23-20(26)19(25)22-13-14-6-2-3-7-16(14)21/h2-3,6-9,12H,4-5,10-11,13H2,1H3,(H,22,25)(H,23,26). The van der Waals surface area contributed by atoms with Crippen molar-refractivity contribution in [2.45, 2.75) is 19.4 Å². The van der Waals surface area contributed by atoms with Crippen molar-refractivity contribution in [3.05, 3.63) is 53.1 Å². The zero-order chi connectivity index (χ0) is 21.7. The van der Waals surface area contributed by atoms with E-state index in [0.717, 1.165) is 6.42 Å². The Labute approximate surface area is 180 Å². The number of carbonyl (C=O) groups is 2. The molecule has 1 fully saturated rings. The van der Waals surface area contributed by atoms with Crippen LogP contribution in [-0.4, -0.2) is 39.6 Å². The van der Waals surface area contributed by atoms with Gasteiger partial charge >= 0.3 is 11.8 Å². The second-order valence-electron chi connectivity index (χ2n) is 6.71. The second kappa shape index (κ2) is 9.36. The Morgan fingerprint density at radius 2 is 1.90 bits per heavy atom. The monoisotopic (exact) mass is 451 g/mol. The van der Waals surface area contributed by atoms with E-state index in [1.165, 1.54) is 23.5 Å². The van der Waals surface area contributed by atoms with Gasteiger partial charge in [0.25, 0.3) is 0 Å². The summed E-state index contributed by atoms with van der Waals surface area (Å²) in [6.45, 7) is 0.431. The fourth-order valence-corrected chi connectivity index (χ4v) is 4.95. The molecule has 10 heteroatoms. The summed E-state index contributed by atoms with van der Waals surface area (Å²) < 4.78 is 31.5. The van der Waals surface area contributed by atoms with Crippen molar-refractivity contribution in [3.63, 3.8) is 0 Å². The number of rotatable bonds is 5. The Bertz CT molecular complexity index is 1060. The van der Waals surface area contributed by atoms with E-state index >= 15 is 0 Å². The molecule has 1 aliphatic rings. The molecule has 2 aromatic rings. The third kappa shape index (κ3) is 5.03. The van der Waals surface area contributed by atoms with Crippen molar-refractivity contribution >= 4 is 44.8 Å². The number of sulfonamides is 1. The molecule has 0 unspecified atom stereocenters. The number of amides is 2. The third-order valence-electron chi connectivity index (χ3n) is 4.66. The van der Waals surface area contributed by atoms with E-state index in [4.69, 9.17) is 16.3 Å². The molecule has 0 radical (unpaired) electrons. The van der Waals surface area contributed by atoms with Crippen molar-refractivity contribution in [2.75, 3.05) is 29.0 Å². The number of hydrogen-bond acceptors (Lipinski definition) is 5. The summed E-state index contributed by atoms with van der Waals surface area (Å²) in [6.07, 6.45) is 1.33. The van der Waals surface area contributed by atoms with Crippen LogP contribution in [0.3, 0.4) is 0 Å². The summed E-state index contributed by atoms with van der Waals surface area (Å²) in [4.78, 5) is 24.4. The van der Waals surface area contributed by atoms with Gasteiger partial charge in [-0.15, -0.1) is 0 Å². The number of anilines is 2. The van der Waals surface area contributed by atoms with Gasteiger partial charge in [0.15, 0.2) is 0 Å². The largest absolute Gasteiger partial charge is 0.495 e. The van der Waals surface area contributed by atoms with Gasteiger partial charge in [0.2, 0.25) is 10.0 Å². The molecular weight excluding hydrogens is 430 g/mol. The molecule has 0 aromatic heterocycles. The van der Waals surface area contributed by atoms with Gasteiger partial charge in [0, 0.05) is 23.8 Å². The van der Waals surface area contributed by atoms with Gasteiger partial charge in [0.1, 0.15) is 5.75 Å². The van der Waals surface area contributed by atoms with Crippen LogP contribution in [0.25, 0.3) is 0 Å². The van der Waals surface area contributed by atoms with E-state index in [0.29, 0.717) is 35.0 Å². The Balaban J connectivity index is 1.72. The maximum atomic E-state index is 12.4. The molecule has 8 nitrogen and oxygen atoms in total.